The molecule has 1 aliphatic rings. The number of amides is 1. The fraction of sp³-hybridized carbons (Fsp3) is 0.382. The standard InChI is InChI=1S/C34H37Cl2F2N3O4/c1-33(2,3)16-27-34(18-39-4,23-13-11-20(35)15-25(23)37)28(22-8-7-9-24(36)29(22)38)30(41-27)31(42)40-17-19-10-12-21(32(43)45-6)26(14-19)44-5/h7-15,18,27-28,30,41H,16-17H2,1-6H3,(H,40,42)/t27-,28-,30+,34-/m0/s1. The largest absolute Gasteiger partial charge is 0.496 e. The van der Waals surface area contributed by atoms with Crippen LogP contribution in [0.3, 0.4) is 0 Å². The second kappa shape index (κ2) is 13.8. The molecule has 240 valence electrons. The Morgan fingerprint density at radius 3 is 2.44 bits per heavy atom. The highest BCUT2D eigenvalue weighted by molar-refractivity contribution is 6.31. The van der Waals surface area contributed by atoms with Gasteiger partial charge >= 0.3 is 5.97 Å². The molecule has 11 heteroatoms. The van der Waals surface area contributed by atoms with Crippen molar-refractivity contribution in [2.24, 2.45) is 10.4 Å². The van der Waals surface area contributed by atoms with Crippen LogP contribution in [0.25, 0.3) is 0 Å². The van der Waals surface area contributed by atoms with Gasteiger partial charge in [-0.25, -0.2) is 13.6 Å². The molecular formula is C34H37Cl2F2N3O4. The predicted octanol–water partition coefficient (Wildman–Crippen LogP) is 6.88. The van der Waals surface area contributed by atoms with E-state index in [-0.39, 0.29) is 44.4 Å². The average molecular weight is 661 g/mol. The van der Waals surface area contributed by atoms with E-state index in [1.807, 2.05) is 20.8 Å². The molecule has 0 bridgehead atoms. The van der Waals surface area contributed by atoms with Gasteiger partial charge in [-0.3, -0.25) is 9.79 Å². The van der Waals surface area contributed by atoms with E-state index in [1.54, 1.807) is 55.7 Å². The van der Waals surface area contributed by atoms with Crippen molar-refractivity contribution in [3.8, 4) is 5.75 Å². The highest BCUT2D eigenvalue weighted by Gasteiger charge is 2.59. The number of methoxy groups -OCH3 is 2. The second-order valence-electron chi connectivity index (χ2n) is 12.3. The number of halogens is 4. The van der Waals surface area contributed by atoms with E-state index in [4.69, 9.17) is 32.7 Å². The lowest BCUT2D eigenvalue weighted by Gasteiger charge is -2.40. The number of hydrogen-bond acceptors (Lipinski definition) is 6. The van der Waals surface area contributed by atoms with Gasteiger partial charge in [0.25, 0.3) is 0 Å². The van der Waals surface area contributed by atoms with Crippen LogP contribution in [0.5, 0.6) is 5.75 Å². The van der Waals surface area contributed by atoms with Crippen LogP contribution in [0.4, 0.5) is 8.78 Å². The Kier molecular flexibility index (Phi) is 10.6. The van der Waals surface area contributed by atoms with Crippen molar-refractivity contribution < 1.29 is 27.8 Å². The Labute approximate surface area is 272 Å². The summed E-state index contributed by atoms with van der Waals surface area (Å²) in [6.07, 6.45) is 2.09. The summed E-state index contributed by atoms with van der Waals surface area (Å²) in [6.45, 7) is 6.17. The van der Waals surface area contributed by atoms with E-state index >= 15 is 8.78 Å². The number of esters is 1. The fourth-order valence-corrected chi connectivity index (χ4v) is 6.62. The summed E-state index contributed by atoms with van der Waals surface area (Å²) in [5.41, 5.74) is -0.355. The molecule has 1 heterocycles. The molecule has 45 heavy (non-hydrogen) atoms. The summed E-state index contributed by atoms with van der Waals surface area (Å²) < 4.78 is 42.1. The molecule has 4 atom stereocenters. The van der Waals surface area contributed by atoms with Crippen LogP contribution in [-0.2, 0) is 21.5 Å². The van der Waals surface area contributed by atoms with Gasteiger partial charge in [-0.15, -0.1) is 0 Å². The SMILES string of the molecule is CN=C[C@]1(c2ccc(Cl)cc2F)[C@H](CC(C)(C)C)N[C@@H](C(=O)NCc2ccc(C(=O)OC)c(OC)c2)[C@@H]1c1cccc(Cl)c1F. The third-order valence-electron chi connectivity index (χ3n) is 8.10. The quantitative estimate of drug-likeness (QED) is 0.193. The Hall–Kier alpha value is -3.53. The number of benzene rings is 3. The van der Waals surface area contributed by atoms with Gasteiger partial charge in [0.15, 0.2) is 0 Å². The minimum atomic E-state index is -1.32. The first kappa shape index (κ1) is 34.3. The number of ether oxygens (including phenoxy) is 2. The van der Waals surface area contributed by atoms with Crippen molar-refractivity contribution in [3.63, 3.8) is 0 Å². The van der Waals surface area contributed by atoms with E-state index in [9.17, 15) is 9.59 Å². The Balaban J connectivity index is 1.86. The highest BCUT2D eigenvalue weighted by atomic mass is 35.5. The molecule has 3 aromatic carbocycles. The zero-order valence-corrected chi connectivity index (χ0v) is 27.5. The topological polar surface area (TPSA) is 89.0 Å². The summed E-state index contributed by atoms with van der Waals surface area (Å²) in [5, 5.41) is 6.47. The van der Waals surface area contributed by atoms with Crippen molar-refractivity contribution in [1.29, 1.82) is 0 Å². The first-order chi connectivity index (χ1) is 21.3. The zero-order chi connectivity index (χ0) is 33.1. The van der Waals surface area contributed by atoms with E-state index < -0.39 is 46.9 Å². The van der Waals surface area contributed by atoms with E-state index in [0.717, 1.165) is 0 Å². The molecule has 0 spiro atoms. The van der Waals surface area contributed by atoms with Crippen LogP contribution in [0.1, 0.15) is 60.2 Å². The van der Waals surface area contributed by atoms with Crippen molar-refractivity contribution >= 4 is 41.3 Å². The molecule has 1 saturated heterocycles. The number of carbonyl (C=O) groups excluding carboxylic acids is 2. The third kappa shape index (κ3) is 7.00. The van der Waals surface area contributed by atoms with Gasteiger partial charge in [-0.05, 0) is 53.3 Å². The van der Waals surface area contributed by atoms with Crippen LogP contribution in [0.15, 0.2) is 59.6 Å². The molecule has 4 rings (SSSR count). The molecule has 1 amide bonds. The van der Waals surface area contributed by atoms with Crippen LogP contribution in [0.2, 0.25) is 10.0 Å². The maximum absolute atomic E-state index is 16.0. The number of aliphatic imine (C=N–C) groups is 1. The molecule has 0 aliphatic carbocycles. The molecule has 0 saturated carbocycles. The van der Waals surface area contributed by atoms with Crippen LogP contribution in [0, 0.1) is 17.0 Å². The van der Waals surface area contributed by atoms with Gasteiger partial charge in [-0.2, -0.15) is 0 Å². The lowest BCUT2D eigenvalue weighted by Crippen LogP contribution is -2.47. The lowest BCUT2D eigenvalue weighted by molar-refractivity contribution is -0.123. The van der Waals surface area contributed by atoms with Crippen molar-refractivity contribution in [2.75, 3.05) is 21.3 Å². The Morgan fingerprint density at radius 1 is 1.09 bits per heavy atom. The highest BCUT2D eigenvalue weighted by Crippen LogP contribution is 2.52. The van der Waals surface area contributed by atoms with Crippen LogP contribution in [-0.4, -0.2) is 51.4 Å². The molecule has 1 aliphatic heterocycles. The number of nitrogens with one attached hydrogen (secondary N) is 2. The normalized spacial score (nSPS) is 21.6. The third-order valence-corrected chi connectivity index (χ3v) is 8.63. The monoisotopic (exact) mass is 659 g/mol. The van der Waals surface area contributed by atoms with Crippen molar-refractivity contribution in [3.05, 3.63) is 98.5 Å². The summed E-state index contributed by atoms with van der Waals surface area (Å²) in [4.78, 5) is 30.6. The minimum absolute atomic E-state index is 0.0632. The number of nitrogens with zero attached hydrogens (tertiary/aromatic N) is 1. The van der Waals surface area contributed by atoms with Gasteiger partial charge in [0.1, 0.15) is 22.9 Å². The minimum Gasteiger partial charge on any atom is -0.496 e. The molecular weight excluding hydrogens is 623 g/mol. The Bertz CT molecular complexity index is 1610. The van der Waals surface area contributed by atoms with Crippen LogP contribution >= 0.6 is 23.2 Å². The number of hydrogen-bond donors (Lipinski definition) is 2. The molecule has 0 aromatic heterocycles. The maximum Gasteiger partial charge on any atom is 0.341 e. The van der Waals surface area contributed by atoms with Crippen molar-refractivity contribution in [1.82, 2.24) is 10.6 Å². The van der Waals surface area contributed by atoms with E-state index in [2.05, 4.69) is 15.6 Å². The molecule has 0 radical (unpaired) electrons. The second-order valence-corrected chi connectivity index (χ2v) is 13.1. The summed E-state index contributed by atoms with van der Waals surface area (Å²) in [5.74, 6) is -3.00. The first-order valence-corrected chi connectivity index (χ1v) is 15.1. The molecule has 0 unspecified atom stereocenters. The first-order valence-electron chi connectivity index (χ1n) is 14.4. The summed E-state index contributed by atoms with van der Waals surface area (Å²) >= 11 is 12.4. The smallest absolute Gasteiger partial charge is 0.341 e. The Morgan fingerprint density at radius 2 is 1.82 bits per heavy atom. The predicted molar refractivity (Wildman–Crippen MR) is 173 cm³/mol. The zero-order valence-electron chi connectivity index (χ0n) is 26.0. The molecule has 2 N–H and O–H groups in total. The maximum atomic E-state index is 16.0. The van der Waals surface area contributed by atoms with E-state index in [0.29, 0.717) is 12.0 Å². The molecule has 1 fully saturated rings. The molecule has 3 aromatic rings. The van der Waals surface area contributed by atoms with Crippen molar-refractivity contribution in [2.45, 2.75) is 57.2 Å². The summed E-state index contributed by atoms with van der Waals surface area (Å²) in [6, 6.07) is 12.2. The summed E-state index contributed by atoms with van der Waals surface area (Å²) in [7, 11) is 4.26. The van der Waals surface area contributed by atoms with Gasteiger partial charge in [0, 0.05) is 42.4 Å². The number of carbonyl (C=O) groups is 2. The van der Waals surface area contributed by atoms with Crippen LogP contribution < -0.4 is 15.4 Å². The van der Waals surface area contributed by atoms with E-state index in [1.165, 1.54) is 26.4 Å². The lowest BCUT2D eigenvalue weighted by atomic mass is 9.62. The molecule has 7 nitrogen and oxygen atoms in total. The van der Waals surface area contributed by atoms with Gasteiger partial charge in [0.05, 0.1) is 30.7 Å². The fourth-order valence-electron chi connectivity index (χ4n) is 6.28. The number of rotatable bonds is 9. The average Bonchev–Trinajstić information content (AvgIpc) is 3.29. The van der Waals surface area contributed by atoms with Gasteiger partial charge in [-0.1, -0.05) is 68.2 Å². The van der Waals surface area contributed by atoms with Gasteiger partial charge < -0.3 is 20.1 Å². The van der Waals surface area contributed by atoms with Gasteiger partial charge in [0.2, 0.25) is 5.91 Å².